The fourth-order valence-electron chi connectivity index (χ4n) is 2.77. The molecule has 23 heavy (non-hydrogen) atoms. The number of hydrogen-bond acceptors (Lipinski definition) is 4. The fourth-order valence-corrected chi connectivity index (χ4v) is 2.77. The van der Waals surface area contributed by atoms with E-state index >= 15 is 0 Å². The van der Waals surface area contributed by atoms with Gasteiger partial charge in [-0.3, -0.25) is 4.79 Å². The van der Waals surface area contributed by atoms with Gasteiger partial charge in [0.25, 0.3) is 0 Å². The first-order chi connectivity index (χ1) is 10.9. The summed E-state index contributed by atoms with van der Waals surface area (Å²) in [6, 6.07) is 6.07. The van der Waals surface area contributed by atoms with Crippen LogP contribution in [0.2, 0.25) is 0 Å². The van der Waals surface area contributed by atoms with Gasteiger partial charge in [0.05, 0.1) is 18.3 Å². The lowest BCUT2D eigenvalue weighted by atomic mass is 10.1. The number of ether oxygens (including phenoxy) is 1. The van der Waals surface area contributed by atoms with Gasteiger partial charge in [-0.05, 0) is 12.1 Å². The van der Waals surface area contributed by atoms with Crippen molar-refractivity contribution in [2.75, 3.05) is 25.1 Å². The number of alkyl halides is 3. The molecule has 0 N–H and O–H groups in total. The molecule has 3 rings (SSSR count). The van der Waals surface area contributed by atoms with Gasteiger partial charge >= 0.3 is 6.18 Å². The number of carbonyl (C=O) groups is 1. The molecule has 0 saturated carbocycles. The van der Waals surface area contributed by atoms with Crippen LogP contribution in [-0.4, -0.2) is 31.0 Å². The largest absolute Gasteiger partial charge is 0.496 e. The van der Waals surface area contributed by atoms with Crippen molar-refractivity contribution in [3.8, 4) is 5.75 Å². The van der Waals surface area contributed by atoms with Gasteiger partial charge in [-0.1, -0.05) is 6.07 Å². The topological polar surface area (TPSA) is 42.4 Å². The van der Waals surface area contributed by atoms with Crippen molar-refractivity contribution in [2.45, 2.75) is 19.0 Å². The maximum atomic E-state index is 13.1. The van der Waals surface area contributed by atoms with Crippen LogP contribution in [0, 0.1) is 0 Å². The lowest BCUT2D eigenvalue weighted by molar-refractivity contribution is -0.141. The van der Waals surface area contributed by atoms with Gasteiger partial charge in [0.2, 0.25) is 0 Å². The average molecular weight is 324 g/mol. The summed E-state index contributed by atoms with van der Waals surface area (Å²) in [5.41, 5.74) is -0.143. The van der Waals surface area contributed by atoms with E-state index in [9.17, 15) is 18.0 Å². The number of ketones is 1. The molecule has 0 aliphatic carbocycles. The van der Waals surface area contributed by atoms with E-state index < -0.39 is 11.9 Å². The van der Waals surface area contributed by atoms with Gasteiger partial charge in [0, 0.05) is 37.4 Å². The molecule has 4 nitrogen and oxygen atoms in total. The summed E-state index contributed by atoms with van der Waals surface area (Å²) in [7, 11) is 1.33. The molecule has 1 saturated heterocycles. The molecule has 0 bridgehead atoms. The lowest BCUT2D eigenvalue weighted by Gasteiger charge is -2.29. The number of carbonyl (C=O) groups excluding carboxylic acids is 1. The summed E-state index contributed by atoms with van der Waals surface area (Å²) in [6.07, 6.45) is -3.76. The van der Waals surface area contributed by atoms with Crippen LogP contribution < -0.4 is 9.64 Å². The number of rotatable bonds is 2. The van der Waals surface area contributed by atoms with E-state index in [0.29, 0.717) is 37.0 Å². The third-order valence-corrected chi connectivity index (χ3v) is 3.95. The molecule has 0 atom stereocenters. The number of hydrogen-bond donors (Lipinski definition) is 0. The second-order valence-electron chi connectivity index (χ2n) is 5.41. The van der Waals surface area contributed by atoms with E-state index in [4.69, 9.17) is 4.74 Å². The normalized spacial score (nSPS) is 16.0. The standard InChI is InChI=1S/C16H15F3N2O2/c1-23-13-9-14(16(17,18)19)20-15-11(13)3-2-4-12(15)21-7-5-10(22)6-8-21/h2-4,9H,5-8H2,1H3. The number of benzene rings is 1. The number of anilines is 1. The minimum absolute atomic E-state index is 0.136. The number of pyridine rings is 1. The summed E-state index contributed by atoms with van der Waals surface area (Å²) in [4.78, 5) is 17.1. The van der Waals surface area contributed by atoms with Gasteiger partial charge < -0.3 is 9.64 Å². The lowest BCUT2D eigenvalue weighted by Crippen LogP contribution is -2.33. The second kappa shape index (κ2) is 5.72. The Morgan fingerprint density at radius 3 is 2.52 bits per heavy atom. The van der Waals surface area contributed by atoms with Crippen LogP contribution in [0.4, 0.5) is 18.9 Å². The van der Waals surface area contributed by atoms with Crippen LogP contribution in [0.1, 0.15) is 18.5 Å². The Morgan fingerprint density at radius 2 is 1.91 bits per heavy atom. The Morgan fingerprint density at radius 1 is 1.22 bits per heavy atom. The molecule has 1 aliphatic rings. The highest BCUT2D eigenvalue weighted by atomic mass is 19.4. The van der Waals surface area contributed by atoms with Crippen LogP contribution in [0.3, 0.4) is 0 Å². The molecule has 1 aliphatic heterocycles. The van der Waals surface area contributed by atoms with E-state index in [0.717, 1.165) is 6.07 Å². The molecule has 1 aromatic carbocycles. The zero-order valence-corrected chi connectivity index (χ0v) is 12.5. The molecular weight excluding hydrogens is 309 g/mol. The minimum atomic E-state index is -4.55. The third kappa shape index (κ3) is 2.95. The zero-order valence-electron chi connectivity index (χ0n) is 12.5. The van der Waals surface area contributed by atoms with Gasteiger partial charge in [-0.15, -0.1) is 0 Å². The van der Waals surface area contributed by atoms with E-state index in [2.05, 4.69) is 4.98 Å². The molecule has 0 radical (unpaired) electrons. The quantitative estimate of drug-likeness (QED) is 0.849. The molecule has 7 heteroatoms. The van der Waals surface area contributed by atoms with Gasteiger partial charge in [-0.25, -0.2) is 4.98 Å². The second-order valence-corrected chi connectivity index (χ2v) is 5.41. The average Bonchev–Trinajstić information content (AvgIpc) is 2.53. The Balaban J connectivity index is 2.17. The van der Waals surface area contributed by atoms with Crippen LogP contribution in [0.15, 0.2) is 24.3 Å². The van der Waals surface area contributed by atoms with Crippen molar-refractivity contribution >= 4 is 22.4 Å². The molecule has 1 fully saturated rings. The number of para-hydroxylation sites is 1. The molecule has 2 heterocycles. The number of fused-ring (bicyclic) bond motifs is 1. The van der Waals surface area contributed by atoms with Crippen molar-refractivity contribution in [3.05, 3.63) is 30.0 Å². The van der Waals surface area contributed by atoms with E-state index in [1.54, 1.807) is 18.2 Å². The summed E-state index contributed by atoms with van der Waals surface area (Å²) >= 11 is 0. The Labute approximate surface area is 130 Å². The van der Waals surface area contributed by atoms with E-state index in [-0.39, 0.29) is 17.0 Å². The molecule has 0 unspecified atom stereocenters. The molecule has 2 aromatic rings. The first-order valence-corrected chi connectivity index (χ1v) is 7.22. The first-order valence-electron chi connectivity index (χ1n) is 7.22. The summed E-state index contributed by atoms with van der Waals surface area (Å²) in [6.45, 7) is 0.969. The monoisotopic (exact) mass is 324 g/mol. The minimum Gasteiger partial charge on any atom is -0.496 e. The van der Waals surface area contributed by atoms with E-state index in [1.807, 2.05) is 4.90 Å². The number of Topliss-reactive ketones (excluding diaryl/α,β-unsaturated/α-hetero) is 1. The highest BCUT2D eigenvalue weighted by Gasteiger charge is 2.34. The highest BCUT2D eigenvalue weighted by Crippen LogP contribution is 2.37. The Hall–Kier alpha value is -2.31. The smallest absolute Gasteiger partial charge is 0.433 e. The number of piperidine rings is 1. The van der Waals surface area contributed by atoms with Gasteiger partial charge in [-0.2, -0.15) is 13.2 Å². The van der Waals surface area contributed by atoms with Crippen molar-refractivity contribution in [1.82, 2.24) is 4.98 Å². The van der Waals surface area contributed by atoms with Crippen molar-refractivity contribution in [3.63, 3.8) is 0 Å². The third-order valence-electron chi connectivity index (χ3n) is 3.95. The molecular formula is C16H15F3N2O2. The predicted octanol–water partition coefficient (Wildman–Crippen LogP) is 3.43. The van der Waals surface area contributed by atoms with Crippen LogP contribution in [0.25, 0.3) is 10.9 Å². The maximum absolute atomic E-state index is 13.1. The molecule has 122 valence electrons. The fraction of sp³-hybridized carbons (Fsp3) is 0.375. The number of nitrogens with zero attached hydrogens (tertiary/aromatic N) is 2. The first kappa shape index (κ1) is 15.6. The number of methoxy groups -OCH3 is 1. The summed E-state index contributed by atoms with van der Waals surface area (Å²) < 4.78 is 44.4. The molecule has 0 spiro atoms. The van der Waals surface area contributed by atoms with Crippen molar-refractivity contribution in [2.24, 2.45) is 0 Å². The summed E-state index contributed by atoms with van der Waals surface area (Å²) in [5.74, 6) is 0.306. The zero-order chi connectivity index (χ0) is 16.6. The van der Waals surface area contributed by atoms with Crippen LogP contribution >= 0.6 is 0 Å². The molecule has 1 aromatic heterocycles. The van der Waals surface area contributed by atoms with Crippen molar-refractivity contribution in [1.29, 1.82) is 0 Å². The predicted molar refractivity (Wildman–Crippen MR) is 79.8 cm³/mol. The van der Waals surface area contributed by atoms with Gasteiger partial charge in [0.1, 0.15) is 17.2 Å². The highest BCUT2D eigenvalue weighted by molar-refractivity contribution is 5.95. The Bertz CT molecular complexity index is 749. The van der Waals surface area contributed by atoms with E-state index in [1.165, 1.54) is 7.11 Å². The number of halogens is 3. The Kier molecular flexibility index (Phi) is 3.87. The summed E-state index contributed by atoms with van der Waals surface area (Å²) in [5, 5.41) is 0.523. The SMILES string of the molecule is COc1cc(C(F)(F)F)nc2c(N3CCC(=O)CC3)cccc12. The van der Waals surface area contributed by atoms with Crippen LogP contribution in [0.5, 0.6) is 5.75 Å². The molecule has 0 amide bonds. The van der Waals surface area contributed by atoms with Crippen molar-refractivity contribution < 1.29 is 22.7 Å². The van der Waals surface area contributed by atoms with Crippen LogP contribution in [-0.2, 0) is 11.0 Å². The maximum Gasteiger partial charge on any atom is 0.433 e. The van der Waals surface area contributed by atoms with Gasteiger partial charge in [0.15, 0.2) is 0 Å². The number of aromatic nitrogens is 1.